The van der Waals surface area contributed by atoms with Crippen molar-refractivity contribution >= 4 is 29.4 Å². The highest BCUT2D eigenvalue weighted by atomic mass is 31.2. The largest absolute Gasteiger partial charge is 0.488 e. The summed E-state index contributed by atoms with van der Waals surface area (Å²) in [5, 5.41) is 14.1. The molecule has 1 aliphatic heterocycles. The second kappa shape index (κ2) is 10.6. The van der Waals surface area contributed by atoms with Gasteiger partial charge in [0.25, 0.3) is 0 Å². The van der Waals surface area contributed by atoms with E-state index >= 15 is 0 Å². The summed E-state index contributed by atoms with van der Waals surface area (Å²) < 4.78 is 17.8. The number of aliphatic hydroxyl groups is 1. The molecular formula is C18H33NO4P3+. The van der Waals surface area contributed by atoms with Crippen LogP contribution in [0.4, 0.5) is 0 Å². The van der Waals surface area contributed by atoms with Crippen LogP contribution in [0, 0.1) is 0 Å². The first-order valence-corrected chi connectivity index (χ1v) is 15.2. The van der Waals surface area contributed by atoms with E-state index < -0.39 is 7.49 Å². The quantitative estimate of drug-likeness (QED) is 0.539. The molecule has 0 bridgehead atoms. The number of ether oxygens (including phenoxy) is 2. The molecule has 1 saturated heterocycles. The SMILES string of the molecule is CPNCC(Cc1ccc(P2COC2)cc1O[C@H](C)CO)O[P+](C)(C)C. The summed E-state index contributed by atoms with van der Waals surface area (Å²) in [6.07, 6.45) is 2.37. The van der Waals surface area contributed by atoms with Crippen LogP contribution >= 0.6 is 24.1 Å². The monoisotopic (exact) mass is 420 g/mol. The van der Waals surface area contributed by atoms with Gasteiger partial charge < -0.3 is 14.6 Å². The van der Waals surface area contributed by atoms with Gasteiger partial charge in [-0.15, -0.1) is 0 Å². The number of hydrogen-bond donors (Lipinski definition) is 2. The number of aliphatic hydroxyl groups excluding tert-OH is 1. The number of nitrogens with one attached hydrogen (secondary N) is 1. The lowest BCUT2D eigenvalue weighted by atomic mass is 10.1. The van der Waals surface area contributed by atoms with Gasteiger partial charge in [0.15, 0.2) is 0 Å². The van der Waals surface area contributed by atoms with Gasteiger partial charge in [-0.25, -0.2) is 4.52 Å². The zero-order chi connectivity index (χ0) is 19.2. The molecule has 0 aromatic heterocycles. The van der Waals surface area contributed by atoms with E-state index in [0.717, 1.165) is 37.0 Å². The minimum atomic E-state index is -1.35. The molecule has 1 aromatic rings. The minimum absolute atomic E-state index is 0.00744. The topological polar surface area (TPSA) is 60.0 Å². The van der Waals surface area contributed by atoms with Crippen molar-refractivity contribution in [2.24, 2.45) is 0 Å². The van der Waals surface area contributed by atoms with Crippen molar-refractivity contribution in [1.82, 2.24) is 5.09 Å². The Hall–Kier alpha value is 0.150. The molecule has 3 atom stereocenters. The smallest absolute Gasteiger partial charge is 0.137 e. The third kappa shape index (κ3) is 7.28. The van der Waals surface area contributed by atoms with Crippen LogP contribution in [0.25, 0.3) is 0 Å². The Morgan fingerprint density at radius 2 is 2.08 bits per heavy atom. The van der Waals surface area contributed by atoms with Gasteiger partial charge in [-0.1, -0.05) is 20.9 Å². The number of benzene rings is 1. The first kappa shape index (κ1) is 22.4. The standard InChI is InChI=1S/C18H33NO4P3/c1-14(11-20)22-18-9-17(25-12-21-13-25)7-6-15(18)8-16(10-19-24-2)23-26(3,4)5/h6-7,9,14,16,19-20,24H,8,10-13H2,1-5H3/q+1/t14-,16?/m1/s1. The van der Waals surface area contributed by atoms with Gasteiger partial charge in [-0.2, -0.15) is 0 Å². The van der Waals surface area contributed by atoms with E-state index in [1.54, 1.807) is 0 Å². The predicted molar refractivity (Wildman–Crippen MR) is 117 cm³/mol. The maximum Gasteiger partial charge on any atom is 0.137 e. The van der Waals surface area contributed by atoms with Crippen molar-refractivity contribution in [2.75, 3.05) is 52.5 Å². The zero-order valence-corrected chi connectivity index (χ0v) is 19.3. The van der Waals surface area contributed by atoms with E-state index in [1.165, 1.54) is 5.30 Å². The van der Waals surface area contributed by atoms with Gasteiger partial charge in [0.2, 0.25) is 0 Å². The highest BCUT2D eigenvalue weighted by Crippen LogP contribution is 2.49. The van der Waals surface area contributed by atoms with Crippen molar-refractivity contribution < 1.29 is 19.1 Å². The van der Waals surface area contributed by atoms with Crippen LogP contribution in [0.3, 0.4) is 0 Å². The van der Waals surface area contributed by atoms with E-state index in [-0.39, 0.29) is 26.7 Å². The summed E-state index contributed by atoms with van der Waals surface area (Å²) in [6.45, 7) is 11.5. The fourth-order valence-electron chi connectivity index (χ4n) is 2.66. The Balaban J connectivity index is 2.19. The van der Waals surface area contributed by atoms with Crippen LogP contribution in [0.5, 0.6) is 5.75 Å². The Morgan fingerprint density at radius 1 is 1.35 bits per heavy atom. The highest BCUT2D eigenvalue weighted by molar-refractivity contribution is 7.69. The summed E-state index contributed by atoms with van der Waals surface area (Å²) in [5.41, 5.74) is 1.14. The second-order valence-corrected chi connectivity index (χ2v) is 14.3. The first-order chi connectivity index (χ1) is 12.3. The Morgan fingerprint density at radius 3 is 2.62 bits per heavy atom. The van der Waals surface area contributed by atoms with E-state index in [1.807, 2.05) is 6.92 Å². The second-order valence-electron chi connectivity index (χ2n) is 7.36. The molecule has 2 N–H and O–H groups in total. The van der Waals surface area contributed by atoms with E-state index in [2.05, 4.69) is 49.9 Å². The zero-order valence-electron chi connectivity index (χ0n) is 16.5. The Labute approximate surface area is 161 Å². The molecule has 0 aliphatic carbocycles. The van der Waals surface area contributed by atoms with Gasteiger partial charge in [0.05, 0.1) is 39.3 Å². The average molecular weight is 420 g/mol. The van der Waals surface area contributed by atoms with Gasteiger partial charge in [-0.3, -0.25) is 5.09 Å². The summed E-state index contributed by atoms with van der Waals surface area (Å²) in [6, 6.07) is 6.52. The third-order valence-corrected chi connectivity index (χ3v) is 7.40. The van der Waals surface area contributed by atoms with Gasteiger partial charge in [-0.05, 0) is 38.4 Å². The van der Waals surface area contributed by atoms with Crippen molar-refractivity contribution in [2.45, 2.75) is 25.6 Å². The van der Waals surface area contributed by atoms with Gasteiger partial charge in [0.1, 0.15) is 25.4 Å². The Bertz CT molecular complexity index is 564. The molecule has 0 saturated carbocycles. The molecule has 0 radical (unpaired) electrons. The van der Waals surface area contributed by atoms with Crippen molar-refractivity contribution in [1.29, 1.82) is 0 Å². The fourth-order valence-corrected chi connectivity index (χ4v) is 5.38. The molecule has 1 aromatic carbocycles. The summed E-state index contributed by atoms with van der Waals surface area (Å²) in [7, 11) is -0.854. The van der Waals surface area contributed by atoms with E-state index in [4.69, 9.17) is 14.0 Å². The molecule has 26 heavy (non-hydrogen) atoms. The normalized spacial score (nSPS) is 18.1. The van der Waals surface area contributed by atoms with Crippen LogP contribution in [-0.2, 0) is 15.7 Å². The summed E-state index contributed by atoms with van der Waals surface area (Å²) in [5.74, 6) is 0.873. The average Bonchev–Trinajstić information content (AvgIpc) is 2.51. The van der Waals surface area contributed by atoms with Crippen LogP contribution in [0.1, 0.15) is 12.5 Å². The van der Waals surface area contributed by atoms with Gasteiger partial charge in [0, 0.05) is 13.0 Å². The summed E-state index contributed by atoms with van der Waals surface area (Å²) >= 11 is 0. The maximum absolute atomic E-state index is 9.40. The lowest BCUT2D eigenvalue weighted by Gasteiger charge is -2.28. The lowest BCUT2D eigenvalue weighted by Crippen LogP contribution is -2.28. The number of rotatable bonds is 11. The number of hydrogen-bond acceptors (Lipinski definition) is 5. The molecule has 0 spiro atoms. The van der Waals surface area contributed by atoms with Crippen LogP contribution < -0.4 is 15.1 Å². The predicted octanol–water partition coefficient (Wildman–Crippen LogP) is 3.06. The lowest BCUT2D eigenvalue weighted by molar-refractivity contribution is 0.127. The van der Waals surface area contributed by atoms with E-state index in [0.29, 0.717) is 8.73 Å². The molecule has 2 rings (SSSR count). The minimum Gasteiger partial charge on any atom is -0.488 e. The molecule has 2 unspecified atom stereocenters. The molecule has 1 aliphatic rings. The molecule has 0 amide bonds. The van der Waals surface area contributed by atoms with Crippen molar-refractivity contribution in [3.8, 4) is 5.75 Å². The van der Waals surface area contributed by atoms with Crippen molar-refractivity contribution in [3.63, 3.8) is 0 Å². The first-order valence-electron chi connectivity index (χ1n) is 8.95. The molecule has 5 nitrogen and oxygen atoms in total. The molecule has 1 fully saturated rings. The van der Waals surface area contributed by atoms with Gasteiger partial charge >= 0.3 is 0 Å². The summed E-state index contributed by atoms with van der Waals surface area (Å²) in [4.78, 5) is 0. The Kier molecular flexibility index (Phi) is 9.17. The molecular weight excluding hydrogens is 387 g/mol. The molecule has 1 heterocycles. The van der Waals surface area contributed by atoms with E-state index in [9.17, 15) is 5.11 Å². The fraction of sp³-hybridized carbons (Fsp3) is 0.667. The van der Waals surface area contributed by atoms with Crippen LogP contribution in [-0.4, -0.2) is 69.8 Å². The van der Waals surface area contributed by atoms with Crippen molar-refractivity contribution in [3.05, 3.63) is 23.8 Å². The van der Waals surface area contributed by atoms with Crippen LogP contribution in [0.15, 0.2) is 18.2 Å². The third-order valence-electron chi connectivity index (χ3n) is 3.91. The molecule has 148 valence electrons. The highest BCUT2D eigenvalue weighted by Gasteiger charge is 2.27. The molecule has 8 heteroatoms. The maximum atomic E-state index is 9.40. The van der Waals surface area contributed by atoms with Crippen LogP contribution in [0.2, 0.25) is 0 Å².